The van der Waals surface area contributed by atoms with Crippen LogP contribution in [-0.2, 0) is 9.53 Å². The first-order valence-corrected chi connectivity index (χ1v) is 5.89. The van der Waals surface area contributed by atoms with Crippen LogP contribution in [-0.4, -0.2) is 40.2 Å². The molecule has 0 heterocycles. The number of aliphatic hydroxyl groups excluding tert-OH is 2. The number of esters is 1. The van der Waals surface area contributed by atoms with E-state index >= 15 is 0 Å². The minimum atomic E-state index is -1.93. The van der Waals surface area contributed by atoms with Crippen molar-refractivity contribution in [3.8, 4) is 0 Å². The highest BCUT2D eigenvalue weighted by Gasteiger charge is 2.29. The predicted molar refractivity (Wildman–Crippen MR) is 69.2 cm³/mol. The average molecular weight is 316 g/mol. The largest absolute Gasteiger partial charge is 0.465 e. The molecule has 1 amide bonds. The number of hydrogen-bond donors (Lipinski definition) is 3. The Labute approximate surface area is 123 Å². The molecule has 0 aromatic heterocycles. The molecule has 0 aliphatic carbocycles. The number of nitro benzene ring substituents is 1. The maximum absolute atomic E-state index is 13.9. The molecule has 9 nitrogen and oxygen atoms in total. The molecule has 120 valence electrons. The summed E-state index contributed by atoms with van der Waals surface area (Å²) in [7, 11) is 0.962. The third-order valence-electron chi connectivity index (χ3n) is 2.81. The lowest BCUT2D eigenvalue weighted by molar-refractivity contribution is -0.385. The van der Waals surface area contributed by atoms with E-state index in [0.717, 1.165) is 7.11 Å². The summed E-state index contributed by atoms with van der Waals surface area (Å²) >= 11 is 0. The van der Waals surface area contributed by atoms with Crippen LogP contribution in [0.3, 0.4) is 0 Å². The van der Waals surface area contributed by atoms with Crippen molar-refractivity contribution in [2.24, 2.45) is 5.73 Å². The molecule has 22 heavy (non-hydrogen) atoms. The van der Waals surface area contributed by atoms with E-state index in [9.17, 15) is 34.3 Å². The Bertz CT molecular complexity index is 620. The number of nitrogens with zero attached hydrogens (tertiary/aromatic N) is 1. The van der Waals surface area contributed by atoms with Gasteiger partial charge >= 0.3 is 5.97 Å². The molecular weight excluding hydrogens is 303 g/mol. The van der Waals surface area contributed by atoms with Crippen LogP contribution in [0.2, 0.25) is 0 Å². The number of amides is 1. The summed E-state index contributed by atoms with van der Waals surface area (Å²) in [6.07, 6.45) is -4.36. The SMILES string of the molecule is COC(=O)c1cc(F)c(C(O)C(O)CC(N)=O)cc1[N+](=O)[O-]. The molecule has 0 aliphatic heterocycles. The van der Waals surface area contributed by atoms with Gasteiger partial charge in [0, 0.05) is 11.6 Å². The molecular formula is C12H13FN2O7. The number of ether oxygens (including phenoxy) is 1. The Kier molecular flexibility index (Phi) is 5.49. The highest BCUT2D eigenvalue weighted by atomic mass is 19.1. The smallest absolute Gasteiger partial charge is 0.344 e. The zero-order chi connectivity index (χ0) is 17.0. The van der Waals surface area contributed by atoms with Crippen molar-refractivity contribution < 1.29 is 33.9 Å². The number of methoxy groups -OCH3 is 1. The van der Waals surface area contributed by atoms with Crippen LogP contribution in [0.5, 0.6) is 0 Å². The van der Waals surface area contributed by atoms with Gasteiger partial charge in [-0.1, -0.05) is 0 Å². The summed E-state index contributed by atoms with van der Waals surface area (Å²) in [6, 6.07) is 1.11. The third-order valence-corrected chi connectivity index (χ3v) is 2.81. The molecule has 0 saturated heterocycles. The third kappa shape index (κ3) is 3.74. The zero-order valence-electron chi connectivity index (χ0n) is 11.4. The lowest BCUT2D eigenvalue weighted by Gasteiger charge is -2.17. The van der Waals surface area contributed by atoms with Crippen LogP contribution < -0.4 is 5.73 Å². The van der Waals surface area contributed by atoms with Gasteiger partial charge in [0.1, 0.15) is 17.5 Å². The standard InChI is InChI=1S/C12H13FN2O7/c1-22-12(19)6-2-7(13)5(3-8(6)15(20)21)11(18)9(16)4-10(14)17/h2-3,9,11,16,18H,4H2,1H3,(H2,14,17). The summed E-state index contributed by atoms with van der Waals surface area (Å²) in [5.41, 5.74) is 2.73. The van der Waals surface area contributed by atoms with Crippen molar-refractivity contribution >= 4 is 17.6 Å². The van der Waals surface area contributed by atoms with Crippen LogP contribution in [0, 0.1) is 15.9 Å². The summed E-state index contributed by atoms with van der Waals surface area (Å²) in [4.78, 5) is 32.0. The fourth-order valence-electron chi connectivity index (χ4n) is 1.75. The monoisotopic (exact) mass is 316 g/mol. The second-order valence-corrected chi connectivity index (χ2v) is 4.32. The molecule has 0 fully saturated rings. The fourth-order valence-corrected chi connectivity index (χ4v) is 1.75. The average Bonchev–Trinajstić information content (AvgIpc) is 2.44. The van der Waals surface area contributed by atoms with Crippen molar-refractivity contribution in [2.75, 3.05) is 7.11 Å². The first-order valence-electron chi connectivity index (χ1n) is 5.89. The summed E-state index contributed by atoms with van der Waals surface area (Å²) in [5, 5.41) is 30.2. The van der Waals surface area contributed by atoms with Gasteiger partial charge in [0.05, 0.1) is 24.6 Å². The normalized spacial score (nSPS) is 13.3. The van der Waals surface area contributed by atoms with Crippen LogP contribution in [0.4, 0.5) is 10.1 Å². The lowest BCUT2D eigenvalue weighted by Crippen LogP contribution is -2.26. The van der Waals surface area contributed by atoms with E-state index in [0.29, 0.717) is 12.1 Å². The van der Waals surface area contributed by atoms with Crippen LogP contribution in [0.25, 0.3) is 0 Å². The molecule has 1 rings (SSSR count). The topological polar surface area (TPSA) is 153 Å². The van der Waals surface area contributed by atoms with Crippen molar-refractivity contribution in [1.82, 2.24) is 0 Å². The number of carbonyl (C=O) groups is 2. The number of rotatable bonds is 6. The molecule has 10 heteroatoms. The summed E-state index contributed by atoms with van der Waals surface area (Å²) < 4.78 is 18.2. The number of carbonyl (C=O) groups excluding carboxylic acids is 2. The van der Waals surface area contributed by atoms with Crippen molar-refractivity contribution in [3.05, 3.63) is 39.2 Å². The Morgan fingerprint density at radius 2 is 2.05 bits per heavy atom. The van der Waals surface area contributed by atoms with Gasteiger partial charge in [0.25, 0.3) is 5.69 Å². The van der Waals surface area contributed by atoms with Crippen molar-refractivity contribution in [3.63, 3.8) is 0 Å². The quantitative estimate of drug-likeness (QED) is 0.373. The minimum absolute atomic E-state index is 0.513. The molecule has 1 aromatic carbocycles. The van der Waals surface area contributed by atoms with Gasteiger partial charge in [-0.25, -0.2) is 9.18 Å². The van der Waals surface area contributed by atoms with E-state index in [1.165, 1.54) is 0 Å². The number of aliphatic hydroxyl groups is 2. The van der Waals surface area contributed by atoms with Crippen LogP contribution in [0.1, 0.15) is 28.4 Å². The highest BCUT2D eigenvalue weighted by Crippen LogP contribution is 2.29. The summed E-state index contributed by atoms with van der Waals surface area (Å²) in [5.74, 6) is -3.26. The number of primary amides is 1. The van der Waals surface area contributed by atoms with E-state index < -0.39 is 58.1 Å². The number of benzene rings is 1. The minimum Gasteiger partial charge on any atom is -0.465 e. The highest BCUT2D eigenvalue weighted by molar-refractivity contribution is 5.94. The molecule has 0 spiro atoms. The number of halogens is 1. The molecule has 0 bridgehead atoms. The van der Waals surface area contributed by atoms with E-state index in [1.54, 1.807) is 0 Å². The van der Waals surface area contributed by atoms with Crippen LogP contribution in [0.15, 0.2) is 12.1 Å². The van der Waals surface area contributed by atoms with Gasteiger partial charge in [0.2, 0.25) is 5.91 Å². The maximum atomic E-state index is 13.9. The van der Waals surface area contributed by atoms with Crippen molar-refractivity contribution in [1.29, 1.82) is 0 Å². The van der Waals surface area contributed by atoms with Gasteiger partial charge in [-0.05, 0) is 6.07 Å². The Balaban J connectivity index is 3.33. The second-order valence-electron chi connectivity index (χ2n) is 4.32. The first kappa shape index (κ1) is 17.5. The Hall–Kier alpha value is -2.59. The summed E-state index contributed by atoms with van der Waals surface area (Å²) in [6.45, 7) is 0. The van der Waals surface area contributed by atoms with E-state index in [1.807, 2.05) is 0 Å². The zero-order valence-corrected chi connectivity index (χ0v) is 11.4. The van der Waals surface area contributed by atoms with Crippen molar-refractivity contribution in [2.45, 2.75) is 18.6 Å². The van der Waals surface area contributed by atoms with Gasteiger partial charge in [-0.3, -0.25) is 14.9 Å². The molecule has 2 atom stereocenters. The van der Waals surface area contributed by atoms with Gasteiger partial charge in [-0.2, -0.15) is 0 Å². The molecule has 0 saturated carbocycles. The van der Waals surface area contributed by atoms with E-state index in [2.05, 4.69) is 4.74 Å². The van der Waals surface area contributed by atoms with Gasteiger partial charge < -0.3 is 20.7 Å². The molecule has 0 aliphatic rings. The molecule has 0 radical (unpaired) electrons. The molecule has 1 aromatic rings. The lowest BCUT2D eigenvalue weighted by atomic mass is 9.98. The fraction of sp³-hybridized carbons (Fsp3) is 0.333. The van der Waals surface area contributed by atoms with E-state index in [4.69, 9.17) is 5.73 Å². The second kappa shape index (κ2) is 6.91. The Morgan fingerprint density at radius 3 is 2.50 bits per heavy atom. The maximum Gasteiger partial charge on any atom is 0.344 e. The molecule has 4 N–H and O–H groups in total. The number of hydrogen-bond acceptors (Lipinski definition) is 7. The van der Waals surface area contributed by atoms with E-state index in [-0.39, 0.29) is 0 Å². The number of nitrogens with two attached hydrogens (primary N) is 1. The molecule has 2 unspecified atom stereocenters. The van der Waals surface area contributed by atoms with Crippen LogP contribution >= 0.6 is 0 Å². The van der Waals surface area contributed by atoms with Gasteiger partial charge in [0.15, 0.2) is 0 Å². The predicted octanol–water partition coefficient (Wildman–Crippen LogP) is -0.210. The number of nitro groups is 1. The Morgan fingerprint density at radius 1 is 1.45 bits per heavy atom. The first-order chi connectivity index (χ1) is 10.2. The van der Waals surface area contributed by atoms with Gasteiger partial charge in [-0.15, -0.1) is 0 Å².